The van der Waals surface area contributed by atoms with Gasteiger partial charge in [0, 0.05) is 11.3 Å². The second-order valence-electron chi connectivity index (χ2n) is 9.04. The van der Waals surface area contributed by atoms with Crippen LogP contribution in [0.25, 0.3) is 0 Å². The van der Waals surface area contributed by atoms with E-state index in [1.54, 1.807) is 22.7 Å². The highest BCUT2D eigenvalue weighted by Gasteiger charge is 2.09. The van der Waals surface area contributed by atoms with Gasteiger partial charge in [-0.25, -0.2) is 0 Å². The van der Waals surface area contributed by atoms with Crippen LogP contribution in [0.5, 0.6) is 0 Å². The number of rotatable bonds is 12. The Morgan fingerprint density at radius 3 is 1.89 bits per heavy atom. The molecule has 0 fully saturated rings. The van der Waals surface area contributed by atoms with Crippen LogP contribution >= 0.6 is 22.7 Å². The molecule has 0 saturated heterocycles. The van der Waals surface area contributed by atoms with Crippen LogP contribution in [0.4, 0.5) is 5.69 Å². The molecule has 0 unspecified atom stereocenters. The quantitative estimate of drug-likeness (QED) is 0.144. The first-order valence-electron chi connectivity index (χ1n) is 13.2. The van der Waals surface area contributed by atoms with Crippen LogP contribution in [0.15, 0.2) is 36.4 Å². The van der Waals surface area contributed by atoms with E-state index < -0.39 is 0 Å². The van der Waals surface area contributed by atoms with E-state index >= 15 is 0 Å². The second-order valence-corrected chi connectivity index (χ2v) is 11.1. The minimum atomic E-state index is 0.679. The molecule has 4 heteroatoms. The van der Waals surface area contributed by atoms with Crippen LogP contribution in [0.2, 0.25) is 0 Å². The van der Waals surface area contributed by atoms with Gasteiger partial charge in [0.1, 0.15) is 0 Å². The number of hydrogen-bond acceptors (Lipinski definition) is 3. The third-order valence-electron chi connectivity index (χ3n) is 6.09. The number of hydrogen-bond donors (Lipinski definition) is 1. The molecule has 2 heterocycles. The Labute approximate surface area is 230 Å². The van der Waals surface area contributed by atoms with Gasteiger partial charge in [-0.3, -0.25) is 4.79 Å². The Morgan fingerprint density at radius 1 is 0.757 bits per heavy atom. The monoisotopic (exact) mass is 525 g/mol. The smallest absolute Gasteiger partial charge is 0.211 e. The summed E-state index contributed by atoms with van der Waals surface area (Å²) in [5, 5.41) is 2.66. The molecule has 0 spiro atoms. The molecule has 0 atom stereocenters. The van der Waals surface area contributed by atoms with Gasteiger partial charge in [-0.1, -0.05) is 70.1 Å². The molecular formula is C33H35NOS2. The van der Waals surface area contributed by atoms with E-state index in [9.17, 15) is 4.79 Å². The third kappa shape index (κ3) is 9.30. The lowest BCUT2D eigenvalue weighted by molar-refractivity contribution is -0.105. The maximum absolute atomic E-state index is 10.6. The van der Waals surface area contributed by atoms with E-state index in [4.69, 9.17) is 6.42 Å². The highest BCUT2D eigenvalue weighted by atomic mass is 32.1. The molecular weight excluding hydrogens is 491 g/mol. The first-order valence-corrected chi connectivity index (χ1v) is 14.9. The summed E-state index contributed by atoms with van der Waals surface area (Å²) in [5.41, 5.74) is 4.25. The molecule has 0 bridgehead atoms. The number of thiophene rings is 2. The number of benzene rings is 1. The van der Waals surface area contributed by atoms with Crippen LogP contribution < -0.4 is 5.32 Å². The zero-order valence-corrected chi connectivity index (χ0v) is 23.5. The van der Waals surface area contributed by atoms with Crippen molar-refractivity contribution in [3.05, 3.63) is 72.6 Å². The van der Waals surface area contributed by atoms with Crippen molar-refractivity contribution in [2.45, 2.75) is 78.1 Å². The summed E-state index contributed by atoms with van der Waals surface area (Å²) >= 11 is 3.30. The fourth-order valence-electron chi connectivity index (χ4n) is 4.02. The number of carbonyl (C=O) groups is 1. The van der Waals surface area contributed by atoms with Crippen molar-refractivity contribution in [3.8, 4) is 36.0 Å². The predicted molar refractivity (Wildman–Crippen MR) is 160 cm³/mol. The van der Waals surface area contributed by atoms with Crippen molar-refractivity contribution in [1.82, 2.24) is 0 Å². The second kappa shape index (κ2) is 15.8. The first kappa shape index (κ1) is 28.3. The highest BCUT2D eigenvalue weighted by molar-refractivity contribution is 7.13. The summed E-state index contributed by atoms with van der Waals surface area (Å²) in [6.45, 7) is 4.47. The van der Waals surface area contributed by atoms with E-state index in [2.05, 4.69) is 60.9 Å². The van der Waals surface area contributed by atoms with E-state index in [0.717, 1.165) is 50.0 Å². The van der Waals surface area contributed by atoms with Crippen LogP contribution in [0.1, 0.15) is 101 Å². The molecule has 0 aliphatic rings. The fraction of sp³-hybridized carbons (Fsp3) is 0.364. The molecule has 3 rings (SSSR count). The summed E-state index contributed by atoms with van der Waals surface area (Å²) in [6.07, 6.45) is 18.2. The van der Waals surface area contributed by atoms with Crippen molar-refractivity contribution in [2.24, 2.45) is 0 Å². The molecule has 1 N–H and O–H groups in total. The summed E-state index contributed by atoms with van der Waals surface area (Å²) in [7, 11) is 0. The Balaban J connectivity index is 1.83. The number of terminal acetylenes is 1. The number of anilines is 1. The summed E-state index contributed by atoms with van der Waals surface area (Å²) in [5.74, 6) is 16.3. The lowest BCUT2D eigenvalue weighted by atomic mass is 10.1. The Kier molecular flexibility index (Phi) is 12.1. The van der Waals surface area contributed by atoms with E-state index in [0.29, 0.717) is 6.41 Å². The molecule has 2 nitrogen and oxygen atoms in total. The minimum Gasteiger partial charge on any atom is -0.329 e. The molecule has 2 aromatic heterocycles. The maximum atomic E-state index is 10.6. The molecule has 1 aromatic carbocycles. The lowest BCUT2D eigenvalue weighted by Crippen LogP contribution is -1.92. The minimum absolute atomic E-state index is 0.679. The zero-order valence-electron chi connectivity index (χ0n) is 21.9. The first-order chi connectivity index (χ1) is 18.2. The number of unbranched alkanes of at least 4 members (excludes halogenated alkanes) is 6. The van der Waals surface area contributed by atoms with Crippen molar-refractivity contribution in [3.63, 3.8) is 0 Å². The normalized spacial score (nSPS) is 10.1. The zero-order chi connectivity index (χ0) is 26.3. The van der Waals surface area contributed by atoms with E-state index in [1.807, 2.05) is 24.3 Å². The average molecular weight is 526 g/mol. The highest BCUT2D eigenvalue weighted by Crippen LogP contribution is 2.26. The molecule has 190 valence electrons. The Bertz CT molecular complexity index is 1310. The lowest BCUT2D eigenvalue weighted by Gasteiger charge is -1.99. The number of carbonyl (C=O) groups excluding carboxylic acids is 1. The summed E-state index contributed by atoms with van der Waals surface area (Å²) in [4.78, 5) is 14.8. The van der Waals surface area contributed by atoms with Crippen molar-refractivity contribution >= 4 is 34.8 Å². The average Bonchev–Trinajstić information content (AvgIpc) is 3.50. The van der Waals surface area contributed by atoms with Gasteiger partial charge in [-0.2, -0.15) is 0 Å². The molecule has 0 saturated carbocycles. The molecule has 0 aliphatic carbocycles. The fourth-order valence-corrected chi connectivity index (χ4v) is 5.81. The van der Waals surface area contributed by atoms with Gasteiger partial charge >= 0.3 is 0 Å². The van der Waals surface area contributed by atoms with Crippen molar-refractivity contribution < 1.29 is 4.79 Å². The van der Waals surface area contributed by atoms with Crippen molar-refractivity contribution in [1.29, 1.82) is 0 Å². The van der Waals surface area contributed by atoms with Gasteiger partial charge in [0.05, 0.1) is 19.5 Å². The van der Waals surface area contributed by atoms with Crippen LogP contribution in [-0.2, 0) is 17.6 Å². The number of nitrogens with one attached hydrogen (secondary N) is 1. The van der Waals surface area contributed by atoms with Gasteiger partial charge in [0.2, 0.25) is 6.41 Å². The maximum Gasteiger partial charge on any atom is 0.211 e. The third-order valence-corrected chi connectivity index (χ3v) is 8.12. The molecule has 37 heavy (non-hydrogen) atoms. The van der Waals surface area contributed by atoms with E-state index in [1.165, 1.54) is 56.1 Å². The molecule has 1 amide bonds. The van der Waals surface area contributed by atoms with E-state index in [-0.39, 0.29) is 0 Å². The molecule has 3 aromatic rings. The van der Waals surface area contributed by atoms with Crippen molar-refractivity contribution in [2.75, 3.05) is 5.32 Å². The van der Waals surface area contributed by atoms with Crippen LogP contribution in [-0.4, -0.2) is 6.41 Å². The Hall–Kier alpha value is -3.23. The van der Waals surface area contributed by atoms with Gasteiger partial charge in [0.15, 0.2) is 0 Å². The SMILES string of the molecule is C#Cc1cc(CCCCCC)c(C#Cc2cc(CCCCCC)c(C#Cc3ccc(NC=O)cc3)s2)s1. The summed E-state index contributed by atoms with van der Waals surface area (Å²) < 4.78 is 0. The van der Waals surface area contributed by atoms with Gasteiger partial charge in [-0.05, 0) is 85.0 Å². The van der Waals surface area contributed by atoms with Gasteiger partial charge < -0.3 is 5.32 Å². The predicted octanol–water partition coefficient (Wildman–Crippen LogP) is 8.40. The number of amides is 1. The standard InChI is InChI=1S/C33H35NOS2/c1-4-7-9-11-13-27-23-30(6-3)36-33(27)22-20-31-24-28(14-12-10-8-5-2)32(37-31)21-17-26-15-18-29(19-16-26)34-25-35/h3,15-16,18-19,23-25H,4-5,7-14H2,1-2H3,(H,34,35). The van der Waals surface area contributed by atoms with Gasteiger partial charge in [0.25, 0.3) is 0 Å². The van der Waals surface area contributed by atoms with Crippen LogP contribution in [0.3, 0.4) is 0 Å². The summed E-state index contributed by atoms with van der Waals surface area (Å²) in [6, 6.07) is 11.9. The van der Waals surface area contributed by atoms with Crippen LogP contribution in [0, 0.1) is 36.0 Å². The number of aryl methyl sites for hydroxylation is 2. The molecule has 0 aliphatic heterocycles. The Morgan fingerprint density at radius 2 is 1.32 bits per heavy atom. The largest absolute Gasteiger partial charge is 0.329 e. The van der Waals surface area contributed by atoms with Gasteiger partial charge in [-0.15, -0.1) is 29.1 Å². The topological polar surface area (TPSA) is 29.1 Å². The molecule has 0 radical (unpaired) electrons.